The summed E-state index contributed by atoms with van der Waals surface area (Å²) in [5.41, 5.74) is 4.41. The summed E-state index contributed by atoms with van der Waals surface area (Å²) in [4.78, 5) is 12.8. The van der Waals surface area contributed by atoms with Gasteiger partial charge in [0.05, 0.1) is 5.92 Å². The van der Waals surface area contributed by atoms with E-state index < -0.39 is 0 Å². The van der Waals surface area contributed by atoms with E-state index >= 15 is 0 Å². The minimum Gasteiger partial charge on any atom is -0.293 e. The summed E-state index contributed by atoms with van der Waals surface area (Å²) in [5, 5.41) is 0. The van der Waals surface area contributed by atoms with E-state index in [0.29, 0.717) is 0 Å². The van der Waals surface area contributed by atoms with Gasteiger partial charge >= 0.3 is 0 Å². The van der Waals surface area contributed by atoms with E-state index in [-0.39, 0.29) is 17.1 Å². The van der Waals surface area contributed by atoms with Crippen LogP contribution in [-0.2, 0) is 11.8 Å². The Labute approximate surface area is 134 Å². The maximum absolute atomic E-state index is 12.8. The minimum absolute atomic E-state index is 0.0345. The Kier molecular flexibility index (Phi) is 3.53. The van der Waals surface area contributed by atoms with Crippen molar-refractivity contribution in [2.75, 3.05) is 0 Å². The second kappa shape index (κ2) is 5.10. The molecule has 21 heavy (non-hydrogen) atoms. The van der Waals surface area contributed by atoms with Gasteiger partial charge in [0.2, 0.25) is 0 Å². The molecule has 0 N–H and O–H groups in total. The molecule has 1 nitrogen and oxygen atoms in total. The fourth-order valence-electron chi connectivity index (χ4n) is 2.94. The number of carbonyl (C=O) groups is 1. The highest BCUT2D eigenvalue weighted by molar-refractivity contribution is 9.10. The normalized spacial score (nSPS) is 17.9. The highest BCUT2D eigenvalue weighted by Crippen LogP contribution is 2.40. The summed E-state index contributed by atoms with van der Waals surface area (Å²) in [6.45, 7) is 6.53. The zero-order valence-corrected chi connectivity index (χ0v) is 14.2. The molecule has 0 radical (unpaired) electrons. The number of ketones is 1. The van der Waals surface area contributed by atoms with E-state index in [2.05, 4.69) is 48.8 Å². The molecule has 1 aliphatic carbocycles. The Morgan fingerprint density at radius 2 is 1.76 bits per heavy atom. The summed E-state index contributed by atoms with van der Waals surface area (Å²) in [7, 11) is 0. The summed E-state index contributed by atoms with van der Waals surface area (Å²) >= 11 is 3.67. The number of carbonyl (C=O) groups excluding carboxylic acids is 1. The number of hydrogen-bond donors (Lipinski definition) is 0. The van der Waals surface area contributed by atoms with Crippen LogP contribution in [0.4, 0.5) is 0 Å². The van der Waals surface area contributed by atoms with Crippen molar-refractivity contribution in [3.05, 3.63) is 69.2 Å². The molecule has 0 saturated heterocycles. The Hall–Kier alpha value is -1.41. The van der Waals surface area contributed by atoms with Crippen molar-refractivity contribution in [2.45, 2.75) is 38.5 Å². The van der Waals surface area contributed by atoms with Gasteiger partial charge in [-0.1, -0.05) is 67.0 Å². The number of fused-ring (bicyclic) bond motifs is 1. The lowest BCUT2D eigenvalue weighted by atomic mass is 9.85. The van der Waals surface area contributed by atoms with E-state index in [9.17, 15) is 4.79 Å². The molecule has 0 saturated carbocycles. The van der Waals surface area contributed by atoms with E-state index in [1.54, 1.807) is 0 Å². The molecule has 108 valence electrons. The van der Waals surface area contributed by atoms with Crippen molar-refractivity contribution >= 4 is 21.7 Å². The highest BCUT2D eigenvalue weighted by Gasteiger charge is 2.34. The first-order chi connectivity index (χ1) is 9.88. The molecule has 1 unspecified atom stereocenters. The summed E-state index contributed by atoms with van der Waals surface area (Å²) in [5.74, 6) is 0.218. The molecule has 1 atom stereocenters. The number of Topliss-reactive ketones (excluding diaryl/α,β-unsaturated/α-hetero) is 1. The average Bonchev–Trinajstić information content (AvgIpc) is 2.77. The SMILES string of the molecule is CC(C)(C)c1cc(Br)c2c(c1)C(=O)C(c1ccccc1)C2. The Morgan fingerprint density at radius 3 is 2.38 bits per heavy atom. The first-order valence-corrected chi connectivity index (χ1v) is 8.09. The largest absolute Gasteiger partial charge is 0.293 e. The molecule has 2 aromatic carbocycles. The molecule has 0 aromatic heterocycles. The van der Waals surface area contributed by atoms with Crippen molar-refractivity contribution in [2.24, 2.45) is 0 Å². The summed E-state index contributed by atoms with van der Waals surface area (Å²) in [6.07, 6.45) is 0.795. The van der Waals surface area contributed by atoms with Gasteiger partial charge in [-0.25, -0.2) is 0 Å². The number of benzene rings is 2. The van der Waals surface area contributed by atoms with E-state index in [0.717, 1.165) is 27.6 Å². The maximum Gasteiger partial charge on any atom is 0.170 e. The second-order valence-electron chi connectivity index (χ2n) is 6.77. The van der Waals surface area contributed by atoms with Crippen LogP contribution in [0, 0.1) is 0 Å². The van der Waals surface area contributed by atoms with Crippen LogP contribution < -0.4 is 0 Å². The molecule has 3 rings (SSSR count). The minimum atomic E-state index is -0.0345. The summed E-state index contributed by atoms with van der Waals surface area (Å²) < 4.78 is 1.07. The van der Waals surface area contributed by atoms with Crippen LogP contribution in [0.5, 0.6) is 0 Å². The predicted octanol–water partition coefficient (Wildman–Crippen LogP) is 5.27. The Morgan fingerprint density at radius 1 is 1.10 bits per heavy atom. The molecule has 1 aliphatic rings. The molecule has 2 aromatic rings. The topological polar surface area (TPSA) is 17.1 Å². The van der Waals surface area contributed by atoms with Gasteiger partial charge < -0.3 is 0 Å². The van der Waals surface area contributed by atoms with Gasteiger partial charge in [0, 0.05) is 10.0 Å². The van der Waals surface area contributed by atoms with Gasteiger partial charge in [0.1, 0.15) is 0 Å². The van der Waals surface area contributed by atoms with Gasteiger partial charge in [0.25, 0.3) is 0 Å². The lowest BCUT2D eigenvalue weighted by Gasteiger charge is -2.20. The van der Waals surface area contributed by atoms with Gasteiger partial charge in [-0.15, -0.1) is 0 Å². The van der Waals surface area contributed by atoms with Crippen LogP contribution in [0.25, 0.3) is 0 Å². The molecule has 2 heteroatoms. The standard InChI is InChI=1S/C19H19BrO/c1-19(2,3)13-9-16-15(17(20)10-13)11-14(18(16)21)12-7-5-4-6-8-12/h4-10,14H,11H2,1-3H3. The molecular weight excluding hydrogens is 324 g/mol. The van der Waals surface area contributed by atoms with Crippen LogP contribution in [-0.4, -0.2) is 5.78 Å². The zero-order valence-electron chi connectivity index (χ0n) is 12.6. The number of rotatable bonds is 1. The number of hydrogen-bond acceptors (Lipinski definition) is 1. The molecule has 0 heterocycles. The van der Waals surface area contributed by atoms with Gasteiger partial charge in [-0.05, 0) is 40.7 Å². The predicted molar refractivity (Wildman–Crippen MR) is 90.1 cm³/mol. The van der Waals surface area contributed by atoms with Crippen LogP contribution in [0.15, 0.2) is 46.9 Å². The fraction of sp³-hybridized carbons (Fsp3) is 0.316. The first kappa shape index (κ1) is 14.5. The molecule has 0 aliphatic heterocycles. The first-order valence-electron chi connectivity index (χ1n) is 7.30. The third-order valence-electron chi connectivity index (χ3n) is 4.25. The molecule has 0 bridgehead atoms. The van der Waals surface area contributed by atoms with Crippen LogP contribution in [0.3, 0.4) is 0 Å². The van der Waals surface area contributed by atoms with Crippen molar-refractivity contribution in [3.8, 4) is 0 Å². The molecular formula is C19H19BrO. The Balaban J connectivity index is 2.06. The fourth-order valence-corrected chi connectivity index (χ4v) is 3.56. The maximum atomic E-state index is 12.8. The summed E-state index contributed by atoms with van der Waals surface area (Å²) in [6, 6.07) is 14.3. The highest BCUT2D eigenvalue weighted by atomic mass is 79.9. The lowest BCUT2D eigenvalue weighted by Crippen LogP contribution is -2.12. The van der Waals surface area contributed by atoms with Crippen LogP contribution >= 0.6 is 15.9 Å². The molecule has 0 amide bonds. The van der Waals surface area contributed by atoms with Gasteiger partial charge in [-0.2, -0.15) is 0 Å². The lowest BCUT2D eigenvalue weighted by molar-refractivity contribution is 0.0973. The van der Waals surface area contributed by atoms with Crippen molar-refractivity contribution in [3.63, 3.8) is 0 Å². The monoisotopic (exact) mass is 342 g/mol. The third kappa shape index (κ3) is 2.57. The van der Waals surface area contributed by atoms with Crippen molar-refractivity contribution in [1.82, 2.24) is 0 Å². The quantitative estimate of drug-likeness (QED) is 0.689. The van der Waals surface area contributed by atoms with E-state index in [1.165, 1.54) is 5.56 Å². The number of halogens is 1. The Bertz CT molecular complexity index is 695. The van der Waals surface area contributed by atoms with Crippen molar-refractivity contribution in [1.29, 1.82) is 0 Å². The van der Waals surface area contributed by atoms with Gasteiger partial charge in [-0.3, -0.25) is 4.79 Å². The zero-order chi connectivity index (χ0) is 15.2. The van der Waals surface area contributed by atoms with Crippen molar-refractivity contribution < 1.29 is 4.79 Å². The van der Waals surface area contributed by atoms with Gasteiger partial charge in [0.15, 0.2) is 5.78 Å². The van der Waals surface area contributed by atoms with Crippen LogP contribution in [0.1, 0.15) is 53.7 Å². The van der Waals surface area contributed by atoms with E-state index in [1.807, 2.05) is 30.3 Å². The second-order valence-corrected chi connectivity index (χ2v) is 7.62. The smallest absolute Gasteiger partial charge is 0.170 e. The average molecular weight is 343 g/mol. The van der Waals surface area contributed by atoms with Crippen LogP contribution in [0.2, 0.25) is 0 Å². The third-order valence-corrected chi connectivity index (χ3v) is 4.96. The van der Waals surface area contributed by atoms with E-state index in [4.69, 9.17) is 0 Å². The molecule has 0 spiro atoms. The molecule has 0 fully saturated rings.